The standard InChI is InChI=1S/C14H20N2O4/c1-14(12(17)18)7-2-3-9-16(14)13(19)15-8-6-11-5-4-10-20-11/h4-5,10H,2-3,6-9H2,1H3,(H,15,19)(H,17,18). The van der Waals surface area contributed by atoms with Gasteiger partial charge in [0.05, 0.1) is 6.26 Å². The van der Waals surface area contributed by atoms with Gasteiger partial charge in [-0.25, -0.2) is 9.59 Å². The average molecular weight is 280 g/mol. The highest BCUT2D eigenvalue weighted by atomic mass is 16.4. The molecule has 1 aliphatic rings. The van der Waals surface area contributed by atoms with Crippen molar-refractivity contribution in [2.75, 3.05) is 13.1 Å². The van der Waals surface area contributed by atoms with Crippen LogP contribution in [-0.2, 0) is 11.2 Å². The lowest BCUT2D eigenvalue weighted by Gasteiger charge is -2.41. The molecule has 1 atom stereocenters. The van der Waals surface area contributed by atoms with Crippen LogP contribution < -0.4 is 5.32 Å². The molecular formula is C14H20N2O4. The van der Waals surface area contributed by atoms with Crippen molar-refractivity contribution < 1.29 is 19.1 Å². The molecule has 6 heteroatoms. The number of carbonyl (C=O) groups excluding carboxylic acids is 1. The Morgan fingerprint density at radius 2 is 2.30 bits per heavy atom. The van der Waals surface area contributed by atoms with Gasteiger partial charge in [-0.1, -0.05) is 0 Å². The summed E-state index contributed by atoms with van der Waals surface area (Å²) < 4.78 is 5.18. The molecule has 2 amide bonds. The van der Waals surface area contributed by atoms with Gasteiger partial charge in [0.15, 0.2) is 0 Å². The summed E-state index contributed by atoms with van der Waals surface area (Å²) in [5, 5.41) is 12.1. The first-order valence-electron chi connectivity index (χ1n) is 6.85. The number of amides is 2. The van der Waals surface area contributed by atoms with E-state index in [2.05, 4.69) is 5.32 Å². The fourth-order valence-corrected chi connectivity index (χ4v) is 2.51. The third-order valence-corrected chi connectivity index (χ3v) is 3.82. The minimum atomic E-state index is -1.10. The number of piperidine rings is 1. The van der Waals surface area contributed by atoms with Crippen LogP contribution in [0.2, 0.25) is 0 Å². The quantitative estimate of drug-likeness (QED) is 0.882. The number of furan rings is 1. The Morgan fingerprint density at radius 1 is 1.50 bits per heavy atom. The molecule has 1 aliphatic heterocycles. The number of hydrogen-bond acceptors (Lipinski definition) is 3. The first kappa shape index (κ1) is 14.4. The highest BCUT2D eigenvalue weighted by molar-refractivity contribution is 5.86. The van der Waals surface area contributed by atoms with Crippen molar-refractivity contribution in [3.05, 3.63) is 24.2 Å². The average Bonchev–Trinajstić information content (AvgIpc) is 2.92. The lowest BCUT2D eigenvalue weighted by molar-refractivity contribution is -0.150. The Hall–Kier alpha value is -1.98. The van der Waals surface area contributed by atoms with Gasteiger partial charge < -0.3 is 19.7 Å². The van der Waals surface area contributed by atoms with Gasteiger partial charge in [0.1, 0.15) is 11.3 Å². The molecule has 0 bridgehead atoms. The molecule has 0 aliphatic carbocycles. The topological polar surface area (TPSA) is 82.8 Å². The summed E-state index contributed by atoms with van der Waals surface area (Å²) in [6, 6.07) is 3.32. The summed E-state index contributed by atoms with van der Waals surface area (Å²) >= 11 is 0. The summed E-state index contributed by atoms with van der Waals surface area (Å²) in [4.78, 5) is 25.0. The van der Waals surface area contributed by atoms with Gasteiger partial charge >= 0.3 is 12.0 Å². The number of rotatable bonds is 4. The molecule has 2 heterocycles. The van der Waals surface area contributed by atoms with Gasteiger partial charge in [0, 0.05) is 19.5 Å². The van der Waals surface area contributed by atoms with Gasteiger partial charge in [-0.3, -0.25) is 0 Å². The molecule has 0 saturated carbocycles. The monoisotopic (exact) mass is 280 g/mol. The van der Waals surface area contributed by atoms with Crippen LogP contribution in [0.5, 0.6) is 0 Å². The van der Waals surface area contributed by atoms with Crippen LogP contribution in [0.1, 0.15) is 31.9 Å². The largest absolute Gasteiger partial charge is 0.480 e. The molecule has 0 aromatic carbocycles. The van der Waals surface area contributed by atoms with E-state index in [0.29, 0.717) is 25.9 Å². The van der Waals surface area contributed by atoms with Crippen LogP contribution in [0.3, 0.4) is 0 Å². The Morgan fingerprint density at radius 3 is 2.95 bits per heavy atom. The van der Waals surface area contributed by atoms with Crippen LogP contribution in [0.4, 0.5) is 4.79 Å². The molecule has 1 aromatic heterocycles. The van der Waals surface area contributed by atoms with E-state index in [4.69, 9.17) is 4.42 Å². The Balaban J connectivity index is 1.91. The number of likely N-dealkylation sites (tertiary alicyclic amines) is 1. The normalized spacial score (nSPS) is 22.6. The minimum absolute atomic E-state index is 0.318. The van der Waals surface area contributed by atoms with Crippen LogP contribution in [0.15, 0.2) is 22.8 Å². The number of hydrogen-bond donors (Lipinski definition) is 2. The first-order chi connectivity index (χ1) is 9.54. The molecule has 110 valence electrons. The van der Waals surface area contributed by atoms with Crippen LogP contribution in [-0.4, -0.2) is 40.6 Å². The molecule has 0 spiro atoms. The number of carbonyl (C=O) groups is 2. The molecule has 0 radical (unpaired) electrons. The Kier molecular flexibility index (Phi) is 4.32. The number of carboxylic acid groups (broad SMARTS) is 1. The van der Waals surface area contributed by atoms with Crippen molar-refractivity contribution in [1.82, 2.24) is 10.2 Å². The van der Waals surface area contributed by atoms with Gasteiger partial charge in [0.25, 0.3) is 0 Å². The first-order valence-corrected chi connectivity index (χ1v) is 6.85. The van der Waals surface area contributed by atoms with E-state index in [9.17, 15) is 14.7 Å². The Labute approximate surface area is 117 Å². The van der Waals surface area contributed by atoms with E-state index in [0.717, 1.165) is 18.6 Å². The third-order valence-electron chi connectivity index (χ3n) is 3.82. The van der Waals surface area contributed by atoms with Gasteiger partial charge in [0.2, 0.25) is 0 Å². The van der Waals surface area contributed by atoms with Crippen molar-refractivity contribution in [3.63, 3.8) is 0 Å². The number of nitrogens with zero attached hydrogens (tertiary/aromatic N) is 1. The summed E-state index contributed by atoms with van der Waals surface area (Å²) in [5.41, 5.74) is -1.10. The van der Waals surface area contributed by atoms with Crippen LogP contribution in [0, 0.1) is 0 Å². The number of urea groups is 1. The highest BCUT2D eigenvalue weighted by Crippen LogP contribution is 2.28. The maximum Gasteiger partial charge on any atom is 0.329 e. The van der Waals surface area contributed by atoms with Gasteiger partial charge in [-0.05, 0) is 38.3 Å². The lowest BCUT2D eigenvalue weighted by Crippen LogP contribution is -2.60. The fraction of sp³-hybridized carbons (Fsp3) is 0.571. The zero-order chi connectivity index (χ0) is 14.6. The number of carboxylic acids is 1. The van der Waals surface area contributed by atoms with E-state index in [1.165, 1.54) is 4.90 Å². The summed E-state index contributed by atoms with van der Waals surface area (Å²) in [6.45, 7) is 2.52. The Bertz CT molecular complexity index is 472. The summed E-state index contributed by atoms with van der Waals surface area (Å²) in [7, 11) is 0. The molecule has 6 nitrogen and oxygen atoms in total. The van der Waals surface area contributed by atoms with Crippen LogP contribution >= 0.6 is 0 Å². The lowest BCUT2D eigenvalue weighted by atomic mass is 9.89. The molecule has 20 heavy (non-hydrogen) atoms. The van der Waals surface area contributed by atoms with E-state index < -0.39 is 11.5 Å². The van der Waals surface area contributed by atoms with Crippen molar-refractivity contribution in [2.45, 2.75) is 38.1 Å². The summed E-state index contributed by atoms with van der Waals surface area (Å²) in [5.74, 6) is -0.150. The summed E-state index contributed by atoms with van der Waals surface area (Å²) in [6.07, 6.45) is 4.35. The smallest absolute Gasteiger partial charge is 0.329 e. The molecule has 1 saturated heterocycles. The SMILES string of the molecule is CC1(C(=O)O)CCCCN1C(=O)NCCc1ccco1. The van der Waals surface area contributed by atoms with Crippen LogP contribution in [0.25, 0.3) is 0 Å². The van der Waals surface area contributed by atoms with E-state index in [-0.39, 0.29) is 6.03 Å². The number of aliphatic carboxylic acids is 1. The molecule has 1 unspecified atom stereocenters. The second-order valence-electron chi connectivity index (χ2n) is 5.25. The third kappa shape index (κ3) is 2.95. The maximum atomic E-state index is 12.2. The second kappa shape index (κ2) is 5.98. The highest BCUT2D eigenvalue weighted by Gasteiger charge is 2.43. The molecule has 2 N–H and O–H groups in total. The molecular weight excluding hydrogens is 260 g/mol. The second-order valence-corrected chi connectivity index (χ2v) is 5.25. The van der Waals surface area contributed by atoms with Crippen molar-refractivity contribution in [2.24, 2.45) is 0 Å². The molecule has 1 aromatic rings. The van der Waals surface area contributed by atoms with Crippen molar-refractivity contribution >= 4 is 12.0 Å². The van der Waals surface area contributed by atoms with Crippen molar-refractivity contribution in [1.29, 1.82) is 0 Å². The predicted octanol–water partition coefficient (Wildman–Crippen LogP) is 1.86. The van der Waals surface area contributed by atoms with Crippen molar-refractivity contribution in [3.8, 4) is 0 Å². The molecule has 2 rings (SSSR count). The zero-order valence-corrected chi connectivity index (χ0v) is 11.6. The minimum Gasteiger partial charge on any atom is -0.480 e. The van der Waals surface area contributed by atoms with Gasteiger partial charge in [-0.15, -0.1) is 0 Å². The predicted molar refractivity (Wildman–Crippen MR) is 72.4 cm³/mol. The van der Waals surface area contributed by atoms with E-state index in [1.807, 2.05) is 6.07 Å². The fourth-order valence-electron chi connectivity index (χ4n) is 2.51. The maximum absolute atomic E-state index is 12.2. The number of nitrogens with one attached hydrogen (secondary N) is 1. The van der Waals surface area contributed by atoms with E-state index in [1.54, 1.807) is 19.3 Å². The zero-order valence-electron chi connectivity index (χ0n) is 11.6. The van der Waals surface area contributed by atoms with E-state index >= 15 is 0 Å². The van der Waals surface area contributed by atoms with Gasteiger partial charge in [-0.2, -0.15) is 0 Å². The molecule has 1 fully saturated rings.